The zero-order chi connectivity index (χ0) is 19.5. The van der Waals surface area contributed by atoms with Gasteiger partial charge in [-0.25, -0.2) is 9.38 Å². The molecule has 0 saturated carbocycles. The van der Waals surface area contributed by atoms with Crippen LogP contribution in [-0.2, 0) is 12.8 Å². The lowest BCUT2D eigenvalue weighted by molar-refractivity contribution is 0.415. The van der Waals surface area contributed by atoms with Crippen LogP contribution in [0.2, 0.25) is 0 Å². The van der Waals surface area contributed by atoms with E-state index < -0.39 is 0 Å². The number of hydrogen-bond donors (Lipinski definition) is 2. The molecule has 0 amide bonds. The van der Waals surface area contributed by atoms with Gasteiger partial charge in [0, 0.05) is 17.7 Å². The van der Waals surface area contributed by atoms with Gasteiger partial charge in [0.25, 0.3) is 0 Å². The Kier molecular flexibility index (Phi) is 4.97. The molecule has 2 N–H and O–H groups in total. The average molecular weight is 380 g/mol. The van der Waals surface area contributed by atoms with Crippen molar-refractivity contribution in [2.45, 2.75) is 12.8 Å². The minimum atomic E-state index is -0.261. The van der Waals surface area contributed by atoms with Crippen molar-refractivity contribution in [2.24, 2.45) is 4.99 Å². The summed E-state index contributed by atoms with van der Waals surface area (Å²) in [6, 6.07) is 14.0. The van der Waals surface area contributed by atoms with E-state index in [2.05, 4.69) is 15.4 Å². The van der Waals surface area contributed by atoms with Gasteiger partial charge in [0.2, 0.25) is 11.8 Å². The maximum atomic E-state index is 13.2. The molecule has 4 rings (SSSR count). The van der Waals surface area contributed by atoms with E-state index in [0.29, 0.717) is 31.0 Å². The summed E-state index contributed by atoms with van der Waals surface area (Å²) >= 11 is 0. The third kappa shape index (κ3) is 3.55. The Labute approximate surface area is 162 Å². The summed E-state index contributed by atoms with van der Waals surface area (Å²) < 4.78 is 19.8. The Morgan fingerprint density at radius 1 is 1.11 bits per heavy atom. The Balaban J connectivity index is 1.70. The highest BCUT2D eigenvalue weighted by atomic mass is 19.1. The quantitative estimate of drug-likeness (QED) is 0.714. The van der Waals surface area contributed by atoms with Crippen LogP contribution >= 0.6 is 0 Å². The zero-order valence-electron chi connectivity index (χ0n) is 15.5. The van der Waals surface area contributed by atoms with Gasteiger partial charge in [-0.05, 0) is 54.8 Å². The third-order valence-electron chi connectivity index (χ3n) is 4.75. The summed E-state index contributed by atoms with van der Waals surface area (Å²) in [7, 11) is 1.62. The average Bonchev–Trinajstić information content (AvgIpc) is 3.36. The van der Waals surface area contributed by atoms with Gasteiger partial charge in [-0.3, -0.25) is 0 Å². The second-order valence-corrected chi connectivity index (χ2v) is 6.55. The van der Waals surface area contributed by atoms with E-state index in [1.165, 1.54) is 16.8 Å². The fourth-order valence-electron chi connectivity index (χ4n) is 3.25. The number of ether oxygens (including phenoxy) is 1. The predicted octanol–water partition coefficient (Wildman–Crippen LogP) is 3.00. The standard InChI is InChI=1S/C21H21FN4O2/c1-28-17-9-5-15(6-10-17)19-18(11-4-14-2-7-16(22)8-3-14)20(27)26(25-19)21-23-12-13-24-21/h2-3,5-10,27H,4,11-13H2,1H3,(H,23,24). The summed E-state index contributed by atoms with van der Waals surface area (Å²) in [6.07, 6.45) is 1.22. The smallest absolute Gasteiger partial charge is 0.222 e. The molecule has 0 aliphatic carbocycles. The van der Waals surface area contributed by atoms with Crippen LogP contribution in [0.15, 0.2) is 53.5 Å². The summed E-state index contributed by atoms with van der Waals surface area (Å²) in [5.74, 6) is 1.10. The minimum Gasteiger partial charge on any atom is -0.497 e. The number of benzene rings is 2. The second kappa shape index (κ2) is 7.72. The van der Waals surface area contributed by atoms with E-state index in [1.807, 2.05) is 24.3 Å². The molecule has 1 aliphatic rings. The molecule has 1 aromatic heterocycles. The lowest BCUT2D eigenvalue weighted by atomic mass is 10.0. The summed E-state index contributed by atoms with van der Waals surface area (Å²) in [6.45, 7) is 1.37. The Morgan fingerprint density at radius 3 is 2.50 bits per heavy atom. The molecular weight excluding hydrogens is 359 g/mol. The van der Waals surface area contributed by atoms with E-state index in [4.69, 9.17) is 4.74 Å². The van der Waals surface area contributed by atoms with Gasteiger partial charge in [-0.15, -0.1) is 0 Å². The van der Waals surface area contributed by atoms with Crippen LogP contribution in [0.1, 0.15) is 11.1 Å². The van der Waals surface area contributed by atoms with E-state index in [-0.39, 0.29) is 11.7 Å². The molecule has 0 radical (unpaired) electrons. The number of nitrogens with zero attached hydrogens (tertiary/aromatic N) is 3. The number of aromatic hydroxyl groups is 1. The molecule has 2 aromatic carbocycles. The first-order valence-electron chi connectivity index (χ1n) is 9.14. The van der Waals surface area contributed by atoms with E-state index >= 15 is 0 Å². The number of halogens is 1. The summed E-state index contributed by atoms with van der Waals surface area (Å²) in [4.78, 5) is 4.35. The third-order valence-corrected chi connectivity index (χ3v) is 4.75. The van der Waals surface area contributed by atoms with Crippen LogP contribution < -0.4 is 10.1 Å². The number of aromatic nitrogens is 2. The summed E-state index contributed by atoms with van der Waals surface area (Å²) in [5, 5.41) is 18.6. The largest absolute Gasteiger partial charge is 0.497 e. The predicted molar refractivity (Wildman–Crippen MR) is 105 cm³/mol. The van der Waals surface area contributed by atoms with Crippen LogP contribution in [0.5, 0.6) is 11.6 Å². The molecule has 7 heteroatoms. The highest BCUT2D eigenvalue weighted by molar-refractivity contribution is 5.85. The molecule has 144 valence electrons. The fraction of sp³-hybridized carbons (Fsp3) is 0.238. The SMILES string of the molecule is COc1ccc(-c2nn(C3=NCCN3)c(O)c2CCc2ccc(F)cc2)cc1. The van der Waals surface area contributed by atoms with Crippen LogP contribution in [0.3, 0.4) is 0 Å². The minimum absolute atomic E-state index is 0.0704. The molecule has 0 spiro atoms. The van der Waals surface area contributed by atoms with Gasteiger partial charge in [0.05, 0.1) is 13.7 Å². The van der Waals surface area contributed by atoms with Crippen LogP contribution in [0.4, 0.5) is 4.39 Å². The van der Waals surface area contributed by atoms with Crippen molar-refractivity contribution >= 4 is 5.96 Å². The molecule has 28 heavy (non-hydrogen) atoms. The van der Waals surface area contributed by atoms with Gasteiger partial charge in [0.15, 0.2) is 0 Å². The number of aliphatic imine (C=N–C) groups is 1. The number of methoxy groups -OCH3 is 1. The number of hydrogen-bond acceptors (Lipinski definition) is 5. The first-order valence-corrected chi connectivity index (χ1v) is 9.14. The molecule has 1 aliphatic heterocycles. The monoisotopic (exact) mass is 380 g/mol. The van der Waals surface area contributed by atoms with Crippen LogP contribution in [0, 0.1) is 5.82 Å². The normalized spacial score (nSPS) is 13.3. The first-order chi connectivity index (χ1) is 13.7. The molecule has 2 heterocycles. The van der Waals surface area contributed by atoms with E-state index in [0.717, 1.165) is 29.0 Å². The Morgan fingerprint density at radius 2 is 1.86 bits per heavy atom. The van der Waals surface area contributed by atoms with Gasteiger partial charge in [-0.2, -0.15) is 9.78 Å². The molecule has 0 fully saturated rings. The second-order valence-electron chi connectivity index (χ2n) is 6.55. The maximum absolute atomic E-state index is 13.2. The number of rotatable bonds is 5. The molecule has 6 nitrogen and oxygen atoms in total. The van der Waals surface area contributed by atoms with Crippen molar-refractivity contribution in [1.29, 1.82) is 0 Å². The van der Waals surface area contributed by atoms with Gasteiger partial charge in [-0.1, -0.05) is 12.1 Å². The molecule has 0 unspecified atom stereocenters. The van der Waals surface area contributed by atoms with Crippen molar-refractivity contribution < 1.29 is 14.2 Å². The van der Waals surface area contributed by atoms with Crippen molar-refractivity contribution in [3.63, 3.8) is 0 Å². The van der Waals surface area contributed by atoms with Crippen LogP contribution in [0.25, 0.3) is 11.3 Å². The fourth-order valence-corrected chi connectivity index (χ4v) is 3.25. The highest BCUT2D eigenvalue weighted by Gasteiger charge is 2.22. The topological polar surface area (TPSA) is 71.7 Å². The molecule has 0 bridgehead atoms. The number of aryl methyl sites for hydroxylation is 1. The zero-order valence-corrected chi connectivity index (χ0v) is 15.5. The van der Waals surface area contributed by atoms with Crippen molar-refractivity contribution in [1.82, 2.24) is 15.1 Å². The van der Waals surface area contributed by atoms with Gasteiger partial charge >= 0.3 is 0 Å². The lowest BCUT2D eigenvalue weighted by Crippen LogP contribution is -2.26. The Hall–Kier alpha value is -3.35. The highest BCUT2D eigenvalue weighted by Crippen LogP contribution is 2.32. The summed E-state index contributed by atoms with van der Waals surface area (Å²) in [5.41, 5.74) is 3.29. The first kappa shape index (κ1) is 18.0. The molecule has 3 aromatic rings. The maximum Gasteiger partial charge on any atom is 0.222 e. The lowest BCUT2D eigenvalue weighted by Gasteiger charge is -2.05. The van der Waals surface area contributed by atoms with E-state index in [1.54, 1.807) is 19.2 Å². The molecular formula is C21H21FN4O2. The van der Waals surface area contributed by atoms with Crippen molar-refractivity contribution in [2.75, 3.05) is 20.2 Å². The van der Waals surface area contributed by atoms with Gasteiger partial charge in [0.1, 0.15) is 17.3 Å². The van der Waals surface area contributed by atoms with Crippen molar-refractivity contribution in [3.05, 3.63) is 65.5 Å². The number of nitrogens with one attached hydrogen (secondary N) is 1. The van der Waals surface area contributed by atoms with Gasteiger partial charge < -0.3 is 15.2 Å². The van der Waals surface area contributed by atoms with Crippen molar-refractivity contribution in [3.8, 4) is 22.9 Å². The van der Waals surface area contributed by atoms with E-state index in [9.17, 15) is 9.50 Å². The molecule has 0 atom stereocenters. The Bertz CT molecular complexity index is 994. The molecule has 0 saturated heterocycles. The van der Waals surface area contributed by atoms with Crippen LogP contribution in [-0.4, -0.2) is 41.0 Å².